The van der Waals surface area contributed by atoms with Crippen LogP contribution in [-0.2, 0) is 14.8 Å². The van der Waals surface area contributed by atoms with Gasteiger partial charge in [0, 0.05) is 19.2 Å². The molecule has 0 radical (unpaired) electrons. The average molecular weight is 480 g/mol. The van der Waals surface area contributed by atoms with Crippen LogP contribution in [0.4, 0.5) is 17.1 Å². The van der Waals surface area contributed by atoms with E-state index in [9.17, 15) is 18.0 Å². The number of rotatable bonds is 5. The molecule has 9 heteroatoms. The Labute approximate surface area is 198 Å². The highest BCUT2D eigenvalue weighted by molar-refractivity contribution is 7.93. The molecule has 0 unspecified atom stereocenters. The molecule has 2 heterocycles. The predicted molar refractivity (Wildman–Crippen MR) is 130 cm³/mol. The molecule has 1 aliphatic carbocycles. The molecule has 1 atom stereocenters. The molecule has 8 nitrogen and oxygen atoms in total. The standard InChI is InChI=1S/C25H25N3O5S/c1-16-15-27(25(30)24-4-3-13-33-24)23-14-19(7-12-22(23)28(16)17(2)29)18-5-8-20(9-6-18)26-34(31,32)21-10-11-21/h3-9,12-14,16,21,26H,10-11,15H2,1-2H3/t16-/m0/s1. The molecular weight excluding hydrogens is 454 g/mol. The zero-order valence-electron chi connectivity index (χ0n) is 18.9. The number of sulfonamides is 1. The summed E-state index contributed by atoms with van der Waals surface area (Å²) in [4.78, 5) is 28.9. The third-order valence-corrected chi connectivity index (χ3v) is 8.04. The molecule has 1 fully saturated rings. The number of benzene rings is 2. The zero-order valence-corrected chi connectivity index (χ0v) is 19.7. The van der Waals surface area contributed by atoms with Crippen molar-refractivity contribution in [3.63, 3.8) is 0 Å². The van der Waals surface area contributed by atoms with Crippen molar-refractivity contribution in [1.29, 1.82) is 0 Å². The average Bonchev–Trinajstić information content (AvgIpc) is 3.54. The summed E-state index contributed by atoms with van der Waals surface area (Å²) in [7, 11) is -3.33. The minimum Gasteiger partial charge on any atom is -0.459 e. The fourth-order valence-electron chi connectivity index (χ4n) is 4.37. The molecule has 2 aliphatic rings. The Bertz CT molecular complexity index is 1350. The summed E-state index contributed by atoms with van der Waals surface area (Å²) in [5.41, 5.74) is 3.48. The van der Waals surface area contributed by atoms with E-state index in [1.54, 1.807) is 34.1 Å². The molecule has 5 rings (SSSR count). The Hall–Kier alpha value is -3.59. The summed E-state index contributed by atoms with van der Waals surface area (Å²) in [6, 6.07) is 15.8. The smallest absolute Gasteiger partial charge is 0.294 e. The van der Waals surface area contributed by atoms with Crippen LogP contribution in [-0.4, -0.2) is 38.1 Å². The largest absolute Gasteiger partial charge is 0.459 e. The molecule has 1 aliphatic heterocycles. The number of carbonyl (C=O) groups excluding carboxylic acids is 2. The van der Waals surface area contributed by atoms with Gasteiger partial charge in [0.2, 0.25) is 15.9 Å². The Morgan fingerprint density at radius 1 is 1.00 bits per heavy atom. The molecule has 2 aromatic carbocycles. The molecule has 0 spiro atoms. The summed E-state index contributed by atoms with van der Waals surface area (Å²) < 4.78 is 32.4. The lowest BCUT2D eigenvalue weighted by atomic mass is 10.00. The van der Waals surface area contributed by atoms with Crippen LogP contribution in [0.1, 0.15) is 37.2 Å². The van der Waals surface area contributed by atoms with E-state index in [4.69, 9.17) is 4.42 Å². The van der Waals surface area contributed by atoms with E-state index in [1.165, 1.54) is 13.2 Å². The Morgan fingerprint density at radius 3 is 2.32 bits per heavy atom. The van der Waals surface area contributed by atoms with Crippen molar-refractivity contribution in [2.75, 3.05) is 21.1 Å². The highest BCUT2D eigenvalue weighted by Crippen LogP contribution is 2.40. The fraction of sp³-hybridized carbons (Fsp3) is 0.280. The third kappa shape index (κ3) is 4.07. The van der Waals surface area contributed by atoms with Crippen molar-refractivity contribution < 1.29 is 22.4 Å². The number of amides is 2. The van der Waals surface area contributed by atoms with Crippen LogP contribution < -0.4 is 14.5 Å². The molecule has 0 saturated heterocycles. The summed E-state index contributed by atoms with van der Waals surface area (Å²) in [5, 5.41) is -0.294. The van der Waals surface area contributed by atoms with Crippen molar-refractivity contribution in [3.8, 4) is 11.1 Å². The van der Waals surface area contributed by atoms with E-state index in [0.29, 0.717) is 36.4 Å². The van der Waals surface area contributed by atoms with Crippen LogP contribution in [0.15, 0.2) is 65.3 Å². The van der Waals surface area contributed by atoms with Crippen LogP contribution in [0.3, 0.4) is 0 Å². The highest BCUT2D eigenvalue weighted by Gasteiger charge is 2.36. The van der Waals surface area contributed by atoms with E-state index in [-0.39, 0.29) is 28.9 Å². The first-order chi connectivity index (χ1) is 16.2. The van der Waals surface area contributed by atoms with E-state index < -0.39 is 10.0 Å². The summed E-state index contributed by atoms with van der Waals surface area (Å²) in [6.45, 7) is 3.75. The summed E-state index contributed by atoms with van der Waals surface area (Å²) in [6.07, 6.45) is 2.86. The first-order valence-electron chi connectivity index (χ1n) is 11.2. The Kier molecular flexibility index (Phi) is 5.44. The second-order valence-corrected chi connectivity index (χ2v) is 10.7. The van der Waals surface area contributed by atoms with Gasteiger partial charge in [-0.05, 0) is 67.3 Å². The van der Waals surface area contributed by atoms with Crippen molar-refractivity contribution in [1.82, 2.24) is 0 Å². The predicted octanol–water partition coefficient (Wildman–Crippen LogP) is 4.25. The first kappa shape index (κ1) is 22.2. The number of hydrogen-bond acceptors (Lipinski definition) is 5. The fourth-order valence-corrected chi connectivity index (χ4v) is 5.75. The van der Waals surface area contributed by atoms with Crippen LogP contribution in [0.25, 0.3) is 11.1 Å². The van der Waals surface area contributed by atoms with E-state index in [1.807, 2.05) is 37.3 Å². The number of anilines is 3. The lowest BCUT2D eigenvalue weighted by Crippen LogP contribution is -2.51. The van der Waals surface area contributed by atoms with Crippen molar-refractivity contribution in [3.05, 3.63) is 66.6 Å². The molecule has 1 saturated carbocycles. The third-order valence-electron chi connectivity index (χ3n) is 6.17. The SMILES string of the molecule is CC(=O)N1c2ccc(-c3ccc(NS(=O)(=O)C4CC4)cc3)cc2N(C(=O)c2ccco2)C[C@@H]1C. The quantitative estimate of drug-likeness (QED) is 0.590. The maximum Gasteiger partial charge on any atom is 0.294 e. The van der Waals surface area contributed by atoms with Gasteiger partial charge in [-0.3, -0.25) is 14.3 Å². The maximum absolute atomic E-state index is 13.2. The summed E-state index contributed by atoms with van der Waals surface area (Å²) >= 11 is 0. The molecule has 2 amide bonds. The second-order valence-electron chi connectivity index (χ2n) is 8.76. The Balaban J connectivity index is 1.50. The molecule has 1 aromatic heterocycles. The van der Waals surface area contributed by atoms with Gasteiger partial charge in [0.05, 0.1) is 28.9 Å². The van der Waals surface area contributed by atoms with Gasteiger partial charge >= 0.3 is 0 Å². The van der Waals surface area contributed by atoms with Crippen molar-refractivity contribution in [2.45, 2.75) is 38.0 Å². The summed E-state index contributed by atoms with van der Waals surface area (Å²) in [5.74, 6) is -0.144. The zero-order chi connectivity index (χ0) is 24.0. The van der Waals surface area contributed by atoms with Crippen LogP contribution >= 0.6 is 0 Å². The number of furan rings is 1. The van der Waals surface area contributed by atoms with Crippen molar-refractivity contribution >= 4 is 38.9 Å². The number of nitrogens with one attached hydrogen (secondary N) is 1. The minimum absolute atomic E-state index is 0.0982. The van der Waals surface area contributed by atoms with E-state index in [2.05, 4.69) is 4.72 Å². The molecule has 176 valence electrons. The number of hydrogen-bond donors (Lipinski definition) is 1. The van der Waals surface area contributed by atoms with Gasteiger partial charge in [-0.1, -0.05) is 18.2 Å². The molecule has 34 heavy (non-hydrogen) atoms. The van der Waals surface area contributed by atoms with Gasteiger partial charge in [0.15, 0.2) is 5.76 Å². The molecule has 0 bridgehead atoms. The second kappa shape index (κ2) is 8.32. The molecular formula is C25H25N3O5S. The lowest BCUT2D eigenvalue weighted by Gasteiger charge is -2.40. The monoisotopic (exact) mass is 479 g/mol. The number of fused-ring (bicyclic) bond motifs is 1. The van der Waals surface area contributed by atoms with E-state index in [0.717, 1.165) is 11.1 Å². The van der Waals surface area contributed by atoms with Gasteiger partial charge in [-0.15, -0.1) is 0 Å². The van der Waals surface area contributed by atoms with Crippen LogP contribution in [0.2, 0.25) is 0 Å². The van der Waals surface area contributed by atoms with Crippen molar-refractivity contribution in [2.24, 2.45) is 0 Å². The number of carbonyl (C=O) groups is 2. The van der Waals surface area contributed by atoms with E-state index >= 15 is 0 Å². The van der Waals surface area contributed by atoms with Gasteiger partial charge in [-0.25, -0.2) is 8.42 Å². The molecule has 1 N–H and O–H groups in total. The van der Waals surface area contributed by atoms with Gasteiger partial charge in [0.25, 0.3) is 5.91 Å². The topological polar surface area (TPSA) is 99.9 Å². The van der Waals surface area contributed by atoms with Crippen LogP contribution in [0, 0.1) is 0 Å². The Morgan fingerprint density at radius 2 is 1.71 bits per heavy atom. The first-order valence-corrected chi connectivity index (χ1v) is 12.7. The van der Waals surface area contributed by atoms with Crippen LogP contribution in [0.5, 0.6) is 0 Å². The van der Waals surface area contributed by atoms with Gasteiger partial charge < -0.3 is 14.2 Å². The van der Waals surface area contributed by atoms with Gasteiger partial charge in [-0.2, -0.15) is 0 Å². The number of nitrogens with zero attached hydrogens (tertiary/aromatic N) is 2. The minimum atomic E-state index is -3.33. The highest BCUT2D eigenvalue weighted by atomic mass is 32.2. The lowest BCUT2D eigenvalue weighted by molar-refractivity contribution is -0.117. The molecule has 3 aromatic rings. The maximum atomic E-state index is 13.2. The van der Waals surface area contributed by atoms with Gasteiger partial charge in [0.1, 0.15) is 0 Å². The normalized spacial score (nSPS) is 17.9.